The van der Waals surface area contributed by atoms with E-state index in [1.54, 1.807) is 0 Å². The van der Waals surface area contributed by atoms with E-state index in [2.05, 4.69) is 38.8 Å². The summed E-state index contributed by atoms with van der Waals surface area (Å²) in [6.07, 6.45) is 7.60. The molecule has 2 aliphatic carbocycles. The lowest BCUT2D eigenvalue weighted by atomic mass is 9.67. The van der Waals surface area contributed by atoms with E-state index in [0.717, 1.165) is 18.4 Å². The Morgan fingerprint density at radius 3 is 2.22 bits per heavy atom. The molecular weight excluding hydrogens is 220 g/mol. The number of hydrogen-bond donors (Lipinski definition) is 0. The molecule has 3 atom stereocenters. The highest BCUT2D eigenvalue weighted by Gasteiger charge is 2.40. The molecule has 102 valence electrons. The molecule has 2 aliphatic rings. The topological polar surface area (TPSA) is 27.0 Å². The van der Waals surface area contributed by atoms with Gasteiger partial charge in [0.15, 0.2) is 0 Å². The van der Waals surface area contributed by atoms with E-state index in [4.69, 9.17) is 0 Å². The van der Waals surface area contributed by atoms with Crippen molar-refractivity contribution in [3.63, 3.8) is 0 Å². The van der Waals surface area contributed by atoms with Crippen molar-refractivity contribution in [2.75, 3.05) is 7.05 Å². The second-order valence-corrected chi connectivity index (χ2v) is 7.43. The van der Waals surface area contributed by atoms with Gasteiger partial charge in [-0.05, 0) is 50.5 Å². The lowest BCUT2D eigenvalue weighted by molar-refractivity contribution is 0.0284. The van der Waals surface area contributed by atoms with Crippen molar-refractivity contribution in [1.82, 2.24) is 4.90 Å². The van der Waals surface area contributed by atoms with Gasteiger partial charge in [-0.2, -0.15) is 5.26 Å². The summed E-state index contributed by atoms with van der Waals surface area (Å²) >= 11 is 0. The summed E-state index contributed by atoms with van der Waals surface area (Å²) in [6.45, 7) is 7.06. The van der Waals surface area contributed by atoms with Gasteiger partial charge < -0.3 is 0 Å². The van der Waals surface area contributed by atoms with Crippen molar-refractivity contribution in [2.45, 2.75) is 71.4 Å². The molecule has 2 rings (SSSR count). The van der Waals surface area contributed by atoms with E-state index >= 15 is 0 Å². The molecule has 2 saturated carbocycles. The van der Waals surface area contributed by atoms with E-state index in [1.165, 1.54) is 32.1 Å². The molecule has 0 spiro atoms. The minimum Gasteiger partial charge on any atom is -0.299 e. The van der Waals surface area contributed by atoms with Crippen LogP contribution in [0.15, 0.2) is 0 Å². The third kappa shape index (κ3) is 2.72. The van der Waals surface area contributed by atoms with Crippen LogP contribution in [0.4, 0.5) is 0 Å². The predicted octanol–water partition coefficient (Wildman–Crippen LogP) is 3.83. The van der Waals surface area contributed by atoms with E-state index in [-0.39, 0.29) is 5.92 Å². The zero-order chi connectivity index (χ0) is 13.3. The van der Waals surface area contributed by atoms with Crippen LogP contribution in [0.25, 0.3) is 0 Å². The predicted molar refractivity (Wildman–Crippen MR) is 75.1 cm³/mol. The van der Waals surface area contributed by atoms with E-state index < -0.39 is 0 Å². The van der Waals surface area contributed by atoms with Crippen LogP contribution in [-0.4, -0.2) is 24.0 Å². The average Bonchev–Trinajstić information content (AvgIpc) is 2.24. The molecule has 0 amide bonds. The molecule has 3 unspecified atom stereocenters. The molecule has 2 heteroatoms. The molecule has 0 aromatic heterocycles. The monoisotopic (exact) mass is 248 g/mol. The van der Waals surface area contributed by atoms with Gasteiger partial charge in [-0.3, -0.25) is 4.90 Å². The third-order valence-corrected chi connectivity index (χ3v) is 5.38. The van der Waals surface area contributed by atoms with Crippen molar-refractivity contribution in [3.8, 4) is 6.07 Å². The van der Waals surface area contributed by atoms with Gasteiger partial charge in [0.1, 0.15) is 0 Å². The van der Waals surface area contributed by atoms with Crippen LogP contribution in [0.5, 0.6) is 0 Å². The molecule has 0 N–H and O–H groups in total. The Balaban J connectivity index is 2.05. The standard InChI is InChI=1S/C16H28N2/c1-16(2,3)13-9-8-12(11-17)15(10-13)18(4)14-6-5-7-14/h12-15H,5-10H2,1-4H3. The summed E-state index contributed by atoms with van der Waals surface area (Å²) in [7, 11) is 2.25. The Labute approximate surface area is 112 Å². The SMILES string of the molecule is CN(C1CCC1)C1CC(C(C)(C)C)CCC1C#N. The first-order valence-corrected chi connectivity index (χ1v) is 7.55. The summed E-state index contributed by atoms with van der Waals surface area (Å²) in [6, 6.07) is 3.82. The molecule has 2 fully saturated rings. The largest absolute Gasteiger partial charge is 0.299 e. The first-order valence-electron chi connectivity index (χ1n) is 7.55. The maximum Gasteiger partial charge on any atom is 0.0672 e. The van der Waals surface area contributed by atoms with Gasteiger partial charge in [0, 0.05) is 12.1 Å². The molecule has 0 aromatic carbocycles. The van der Waals surface area contributed by atoms with Crippen LogP contribution < -0.4 is 0 Å². The van der Waals surface area contributed by atoms with Crippen LogP contribution in [-0.2, 0) is 0 Å². The highest BCUT2D eigenvalue weighted by atomic mass is 15.2. The van der Waals surface area contributed by atoms with Gasteiger partial charge >= 0.3 is 0 Å². The van der Waals surface area contributed by atoms with Gasteiger partial charge in [0.25, 0.3) is 0 Å². The normalized spacial score (nSPS) is 34.1. The second kappa shape index (κ2) is 5.21. The molecule has 0 heterocycles. The Hall–Kier alpha value is -0.550. The number of hydrogen-bond acceptors (Lipinski definition) is 2. The van der Waals surface area contributed by atoms with Gasteiger partial charge in [-0.25, -0.2) is 0 Å². The third-order valence-electron chi connectivity index (χ3n) is 5.38. The minimum atomic E-state index is 0.259. The first-order chi connectivity index (χ1) is 8.43. The summed E-state index contributed by atoms with van der Waals surface area (Å²) in [5.74, 6) is 1.03. The fourth-order valence-corrected chi connectivity index (χ4v) is 3.60. The summed E-state index contributed by atoms with van der Waals surface area (Å²) < 4.78 is 0. The molecule has 18 heavy (non-hydrogen) atoms. The number of nitrogens with zero attached hydrogens (tertiary/aromatic N) is 2. The summed E-state index contributed by atoms with van der Waals surface area (Å²) in [5.41, 5.74) is 0.388. The fraction of sp³-hybridized carbons (Fsp3) is 0.938. The zero-order valence-electron chi connectivity index (χ0n) is 12.4. The Morgan fingerprint density at radius 2 is 1.78 bits per heavy atom. The zero-order valence-corrected chi connectivity index (χ0v) is 12.4. The highest BCUT2D eigenvalue weighted by Crippen LogP contribution is 2.42. The van der Waals surface area contributed by atoms with Crippen LogP contribution in [0, 0.1) is 28.6 Å². The Morgan fingerprint density at radius 1 is 1.11 bits per heavy atom. The van der Waals surface area contributed by atoms with Crippen LogP contribution in [0.2, 0.25) is 0 Å². The van der Waals surface area contributed by atoms with Gasteiger partial charge in [0.2, 0.25) is 0 Å². The van der Waals surface area contributed by atoms with E-state index in [9.17, 15) is 5.26 Å². The smallest absolute Gasteiger partial charge is 0.0672 e. The van der Waals surface area contributed by atoms with Crippen LogP contribution in [0.3, 0.4) is 0 Å². The first kappa shape index (κ1) is 13.9. The lowest BCUT2D eigenvalue weighted by Gasteiger charge is -2.47. The number of rotatable bonds is 2. The molecular formula is C16H28N2. The molecule has 2 nitrogen and oxygen atoms in total. The molecule has 0 bridgehead atoms. The molecule has 0 aromatic rings. The lowest BCUT2D eigenvalue weighted by Crippen LogP contribution is -2.50. The van der Waals surface area contributed by atoms with E-state index in [1.807, 2.05) is 0 Å². The molecule has 0 radical (unpaired) electrons. The van der Waals surface area contributed by atoms with Crippen molar-refractivity contribution in [2.24, 2.45) is 17.3 Å². The quantitative estimate of drug-likeness (QED) is 0.742. The van der Waals surface area contributed by atoms with Crippen molar-refractivity contribution in [3.05, 3.63) is 0 Å². The Bertz CT molecular complexity index is 319. The summed E-state index contributed by atoms with van der Waals surface area (Å²) in [5, 5.41) is 9.40. The van der Waals surface area contributed by atoms with Crippen LogP contribution in [0.1, 0.15) is 59.3 Å². The summed E-state index contributed by atoms with van der Waals surface area (Å²) in [4.78, 5) is 2.54. The maximum atomic E-state index is 9.40. The van der Waals surface area contributed by atoms with Gasteiger partial charge in [-0.15, -0.1) is 0 Å². The van der Waals surface area contributed by atoms with Crippen molar-refractivity contribution >= 4 is 0 Å². The van der Waals surface area contributed by atoms with E-state index in [0.29, 0.717) is 11.5 Å². The Kier molecular flexibility index (Phi) is 4.02. The van der Waals surface area contributed by atoms with Crippen molar-refractivity contribution in [1.29, 1.82) is 5.26 Å². The highest BCUT2D eigenvalue weighted by molar-refractivity contribution is 5.00. The average molecular weight is 248 g/mol. The molecule has 0 aliphatic heterocycles. The molecule has 0 saturated heterocycles. The minimum absolute atomic E-state index is 0.259. The maximum absolute atomic E-state index is 9.40. The van der Waals surface area contributed by atoms with Gasteiger partial charge in [-0.1, -0.05) is 27.2 Å². The number of nitriles is 1. The van der Waals surface area contributed by atoms with Gasteiger partial charge in [0.05, 0.1) is 12.0 Å². The van der Waals surface area contributed by atoms with Crippen molar-refractivity contribution < 1.29 is 0 Å². The second-order valence-electron chi connectivity index (χ2n) is 7.43. The van der Waals surface area contributed by atoms with Crippen LogP contribution >= 0.6 is 0 Å². The fourth-order valence-electron chi connectivity index (χ4n) is 3.60.